The SMILES string of the molecule is CC.CC.[CH3-].[CH3-].[Y].[Y].[Y].[Y]. The minimum Gasteiger partial charge on any atom is -0.358 e. The molecule has 0 fully saturated rings. The second kappa shape index (κ2) is 106. The molecule has 0 unspecified atom stereocenters. The molecule has 0 bridgehead atoms. The van der Waals surface area contributed by atoms with Gasteiger partial charge in [0.15, 0.2) is 0 Å². The predicted octanol–water partition coefficient (Wildman–Crippen LogP) is 2.94. The van der Waals surface area contributed by atoms with Crippen LogP contribution < -0.4 is 0 Å². The molecule has 0 aliphatic rings. The van der Waals surface area contributed by atoms with Gasteiger partial charge in [-0.25, -0.2) is 0 Å². The van der Waals surface area contributed by atoms with E-state index in [1.54, 1.807) is 0 Å². The molecule has 0 rings (SSSR count). The first kappa shape index (κ1) is 63.0. The van der Waals surface area contributed by atoms with Crippen molar-refractivity contribution in [1.82, 2.24) is 0 Å². The molecule has 0 saturated carbocycles. The van der Waals surface area contributed by atoms with E-state index in [1.807, 2.05) is 27.7 Å². The Kier molecular flexibility index (Phi) is 669. The van der Waals surface area contributed by atoms with Gasteiger partial charge in [0.05, 0.1) is 0 Å². The van der Waals surface area contributed by atoms with Crippen molar-refractivity contribution in [2.45, 2.75) is 27.7 Å². The summed E-state index contributed by atoms with van der Waals surface area (Å²) in [6, 6.07) is 0. The fourth-order valence-electron chi connectivity index (χ4n) is 0. The van der Waals surface area contributed by atoms with Crippen molar-refractivity contribution in [2.24, 2.45) is 0 Å². The minimum absolute atomic E-state index is 0. The van der Waals surface area contributed by atoms with E-state index in [9.17, 15) is 0 Å². The molecule has 0 N–H and O–H groups in total. The molecule has 0 nitrogen and oxygen atoms in total. The van der Waals surface area contributed by atoms with Crippen LogP contribution in [0.2, 0.25) is 0 Å². The monoisotopic (exact) mass is 446 g/mol. The summed E-state index contributed by atoms with van der Waals surface area (Å²) in [6.45, 7) is 8.00. The van der Waals surface area contributed by atoms with Crippen molar-refractivity contribution < 1.29 is 131 Å². The van der Waals surface area contributed by atoms with Gasteiger partial charge in [0, 0.05) is 131 Å². The molecule has 4 radical (unpaired) electrons. The topological polar surface area (TPSA) is 0 Å². The van der Waals surface area contributed by atoms with E-state index in [2.05, 4.69) is 0 Å². The summed E-state index contributed by atoms with van der Waals surface area (Å²) in [7, 11) is 0. The van der Waals surface area contributed by atoms with Gasteiger partial charge in [0.2, 0.25) is 0 Å². The number of rotatable bonds is 0. The van der Waals surface area contributed by atoms with Gasteiger partial charge in [-0.15, -0.1) is 0 Å². The molecular weight excluding hydrogens is 428 g/mol. The standard InChI is InChI=1S/2C2H6.2CH3.4Y/c2*1-2;;;;;;/h2*1-2H3;2*1H3;;;;/q;;2*-1;;;;. The van der Waals surface area contributed by atoms with Gasteiger partial charge in [-0.1, -0.05) is 27.7 Å². The van der Waals surface area contributed by atoms with E-state index in [0.717, 1.165) is 0 Å². The molecule has 10 heavy (non-hydrogen) atoms. The maximum atomic E-state index is 2.00. The van der Waals surface area contributed by atoms with Crippen LogP contribution in [0.1, 0.15) is 27.7 Å². The molecule has 0 aromatic heterocycles. The van der Waals surface area contributed by atoms with Gasteiger partial charge in [0.1, 0.15) is 0 Å². The Labute approximate surface area is 169 Å². The Morgan fingerprint density at radius 3 is 0.400 bits per heavy atom. The molecule has 0 spiro atoms. The average Bonchev–Trinajstić information content (AvgIpc) is 1.50. The first-order valence-corrected chi connectivity index (χ1v) is 2.00. The number of hydrogen-bond donors (Lipinski definition) is 0. The molecule has 4 heteroatoms. The Balaban J connectivity index is -0.000000000833. The van der Waals surface area contributed by atoms with Gasteiger partial charge >= 0.3 is 0 Å². The van der Waals surface area contributed by atoms with Gasteiger partial charge in [-0.05, 0) is 0 Å². The van der Waals surface area contributed by atoms with Crippen LogP contribution in [0.25, 0.3) is 0 Å². The normalized spacial score (nSPS) is 1.20. The van der Waals surface area contributed by atoms with E-state index in [-0.39, 0.29) is 146 Å². The zero-order valence-electron chi connectivity index (χ0n) is 8.31. The van der Waals surface area contributed by atoms with Crippen LogP contribution in [-0.4, -0.2) is 0 Å². The maximum Gasteiger partial charge on any atom is 0 e. The molecule has 0 saturated heterocycles. The van der Waals surface area contributed by atoms with Crippen LogP contribution in [0.3, 0.4) is 0 Å². The molecule has 0 atom stereocenters. The molecule has 0 aliphatic carbocycles. The Bertz CT molecular complexity index is 9.71. The molecular formula is C6H18Y4-2. The first-order chi connectivity index (χ1) is 2.00. The van der Waals surface area contributed by atoms with Crippen molar-refractivity contribution in [3.63, 3.8) is 0 Å². The maximum absolute atomic E-state index is 2.00. The van der Waals surface area contributed by atoms with Crippen LogP contribution >= 0.6 is 0 Å². The second-order valence-corrected chi connectivity index (χ2v) is 0. The van der Waals surface area contributed by atoms with E-state index in [1.165, 1.54) is 0 Å². The summed E-state index contributed by atoms with van der Waals surface area (Å²) < 4.78 is 0. The summed E-state index contributed by atoms with van der Waals surface area (Å²) in [5.74, 6) is 0. The zero-order chi connectivity index (χ0) is 4.00. The fourth-order valence-corrected chi connectivity index (χ4v) is 0. The quantitative estimate of drug-likeness (QED) is 0.503. The van der Waals surface area contributed by atoms with Crippen molar-refractivity contribution in [3.8, 4) is 0 Å². The second-order valence-electron chi connectivity index (χ2n) is 0. The van der Waals surface area contributed by atoms with Crippen molar-refractivity contribution in [1.29, 1.82) is 0 Å². The smallest absolute Gasteiger partial charge is 0 e. The van der Waals surface area contributed by atoms with Crippen LogP contribution in [0.5, 0.6) is 0 Å². The first-order valence-electron chi connectivity index (χ1n) is 2.00. The molecule has 0 aromatic rings. The van der Waals surface area contributed by atoms with Gasteiger partial charge in [0.25, 0.3) is 0 Å². The van der Waals surface area contributed by atoms with E-state index >= 15 is 0 Å². The van der Waals surface area contributed by atoms with Crippen LogP contribution in [-0.2, 0) is 131 Å². The van der Waals surface area contributed by atoms with Crippen LogP contribution in [0.4, 0.5) is 0 Å². The number of hydrogen-bond acceptors (Lipinski definition) is 0. The molecule has 0 heterocycles. The third kappa shape index (κ3) is 83.0. The Hall–Kier alpha value is 4.42. The van der Waals surface area contributed by atoms with Crippen molar-refractivity contribution in [2.75, 3.05) is 0 Å². The van der Waals surface area contributed by atoms with E-state index < -0.39 is 0 Å². The minimum atomic E-state index is 0. The summed E-state index contributed by atoms with van der Waals surface area (Å²) >= 11 is 0. The van der Waals surface area contributed by atoms with Gasteiger partial charge in [-0.2, -0.15) is 0 Å². The Morgan fingerprint density at radius 1 is 0.400 bits per heavy atom. The van der Waals surface area contributed by atoms with Crippen LogP contribution in [0.15, 0.2) is 0 Å². The zero-order valence-corrected chi connectivity index (χ0v) is 19.7. The van der Waals surface area contributed by atoms with Crippen molar-refractivity contribution in [3.05, 3.63) is 14.9 Å². The molecule has 0 aliphatic heterocycles. The molecule has 56 valence electrons. The van der Waals surface area contributed by atoms with Crippen molar-refractivity contribution >= 4 is 0 Å². The summed E-state index contributed by atoms with van der Waals surface area (Å²) in [5.41, 5.74) is 0. The van der Waals surface area contributed by atoms with E-state index in [4.69, 9.17) is 0 Å². The van der Waals surface area contributed by atoms with Crippen LogP contribution in [0, 0.1) is 14.9 Å². The molecule has 0 amide bonds. The average molecular weight is 446 g/mol. The summed E-state index contributed by atoms with van der Waals surface area (Å²) in [4.78, 5) is 0. The third-order valence-corrected chi connectivity index (χ3v) is 0. The summed E-state index contributed by atoms with van der Waals surface area (Å²) in [6.07, 6.45) is 0. The molecule has 0 aromatic carbocycles. The Morgan fingerprint density at radius 2 is 0.400 bits per heavy atom. The van der Waals surface area contributed by atoms with Gasteiger partial charge in [-0.3, -0.25) is 0 Å². The largest absolute Gasteiger partial charge is 0.358 e. The summed E-state index contributed by atoms with van der Waals surface area (Å²) in [5, 5.41) is 0. The fraction of sp³-hybridized carbons (Fsp3) is 0.667. The van der Waals surface area contributed by atoms with Gasteiger partial charge < -0.3 is 14.9 Å². The predicted molar refractivity (Wildman–Crippen MR) is 35.5 cm³/mol. The van der Waals surface area contributed by atoms with E-state index in [0.29, 0.717) is 0 Å². The third-order valence-electron chi connectivity index (χ3n) is 0.